The Morgan fingerprint density at radius 1 is 1.44 bits per heavy atom. The average molecular weight is 249 g/mol. The molecule has 0 atom stereocenters. The third kappa shape index (κ3) is 2.40. The number of anilines is 2. The first-order valence-corrected chi connectivity index (χ1v) is 5.47. The van der Waals surface area contributed by atoms with E-state index in [1.807, 2.05) is 6.92 Å². The van der Waals surface area contributed by atoms with E-state index in [4.69, 9.17) is 0 Å². The maximum absolute atomic E-state index is 13.5. The van der Waals surface area contributed by atoms with Crippen LogP contribution in [0.1, 0.15) is 5.69 Å². The molecule has 5 heteroatoms. The SMILES string of the molecule is C=CCn1cc(C)nc1Nc1cccc(F)c1F. The predicted molar refractivity (Wildman–Crippen MR) is 66.8 cm³/mol. The zero-order chi connectivity index (χ0) is 13.1. The van der Waals surface area contributed by atoms with E-state index in [1.54, 1.807) is 16.8 Å². The van der Waals surface area contributed by atoms with Gasteiger partial charge in [0.15, 0.2) is 11.6 Å². The molecule has 1 aromatic heterocycles. The smallest absolute Gasteiger partial charge is 0.207 e. The number of aryl methyl sites for hydroxylation is 1. The lowest BCUT2D eigenvalue weighted by Gasteiger charge is -2.08. The Morgan fingerprint density at radius 2 is 2.22 bits per heavy atom. The van der Waals surface area contributed by atoms with Gasteiger partial charge in [-0.1, -0.05) is 12.1 Å². The molecule has 0 aliphatic carbocycles. The van der Waals surface area contributed by atoms with Gasteiger partial charge >= 0.3 is 0 Å². The second-order valence-corrected chi connectivity index (χ2v) is 3.87. The minimum absolute atomic E-state index is 0.0610. The highest BCUT2D eigenvalue weighted by Gasteiger charge is 2.10. The maximum atomic E-state index is 13.5. The van der Waals surface area contributed by atoms with Crippen LogP contribution < -0.4 is 5.32 Å². The van der Waals surface area contributed by atoms with Gasteiger partial charge in [0.1, 0.15) is 0 Å². The highest BCUT2D eigenvalue weighted by atomic mass is 19.2. The van der Waals surface area contributed by atoms with Crippen LogP contribution in [0.5, 0.6) is 0 Å². The number of halogens is 2. The Bertz CT molecular complexity index is 576. The van der Waals surface area contributed by atoms with Gasteiger partial charge < -0.3 is 9.88 Å². The third-order valence-corrected chi connectivity index (χ3v) is 2.42. The standard InChI is InChI=1S/C13H13F2N3/c1-3-7-18-8-9(2)16-13(18)17-11-6-4-5-10(14)12(11)15/h3-6,8H,1,7H2,2H3,(H,16,17). The van der Waals surface area contributed by atoms with Gasteiger partial charge in [0, 0.05) is 12.7 Å². The molecule has 94 valence electrons. The van der Waals surface area contributed by atoms with Crippen LogP contribution in [0.4, 0.5) is 20.4 Å². The highest BCUT2D eigenvalue weighted by Crippen LogP contribution is 2.21. The number of hydrogen-bond donors (Lipinski definition) is 1. The van der Waals surface area contributed by atoms with E-state index < -0.39 is 11.6 Å². The number of rotatable bonds is 4. The van der Waals surface area contributed by atoms with E-state index in [1.165, 1.54) is 12.1 Å². The monoisotopic (exact) mass is 249 g/mol. The number of hydrogen-bond acceptors (Lipinski definition) is 2. The van der Waals surface area contributed by atoms with E-state index in [0.717, 1.165) is 11.8 Å². The summed E-state index contributed by atoms with van der Waals surface area (Å²) in [6.07, 6.45) is 3.51. The summed E-state index contributed by atoms with van der Waals surface area (Å²) in [7, 11) is 0. The van der Waals surface area contributed by atoms with Crippen LogP contribution in [-0.2, 0) is 6.54 Å². The average Bonchev–Trinajstić information content (AvgIpc) is 2.66. The van der Waals surface area contributed by atoms with E-state index in [2.05, 4.69) is 16.9 Å². The second kappa shape index (κ2) is 5.00. The van der Waals surface area contributed by atoms with Crippen molar-refractivity contribution in [2.45, 2.75) is 13.5 Å². The van der Waals surface area contributed by atoms with Crippen molar-refractivity contribution in [1.82, 2.24) is 9.55 Å². The molecule has 0 bridgehead atoms. The summed E-state index contributed by atoms with van der Waals surface area (Å²) in [5.74, 6) is -1.35. The van der Waals surface area contributed by atoms with Gasteiger partial charge in [-0.2, -0.15) is 0 Å². The molecule has 3 nitrogen and oxygen atoms in total. The van der Waals surface area contributed by atoms with Crippen molar-refractivity contribution in [1.29, 1.82) is 0 Å². The highest BCUT2D eigenvalue weighted by molar-refractivity contribution is 5.55. The number of allylic oxidation sites excluding steroid dienone is 1. The number of nitrogens with one attached hydrogen (secondary N) is 1. The first-order chi connectivity index (χ1) is 8.61. The third-order valence-electron chi connectivity index (χ3n) is 2.42. The fourth-order valence-corrected chi connectivity index (χ4v) is 1.65. The Morgan fingerprint density at radius 3 is 2.94 bits per heavy atom. The van der Waals surface area contributed by atoms with Gasteiger partial charge in [-0.15, -0.1) is 6.58 Å². The largest absolute Gasteiger partial charge is 0.323 e. The molecule has 0 unspecified atom stereocenters. The summed E-state index contributed by atoms with van der Waals surface area (Å²) < 4.78 is 28.4. The summed E-state index contributed by atoms with van der Waals surface area (Å²) in [5.41, 5.74) is 0.849. The molecule has 0 aliphatic heterocycles. The Hall–Kier alpha value is -2.17. The molecule has 0 aliphatic rings. The molecule has 1 heterocycles. The summed E-state index contributed by atoms with van der Waals surface area (Å²) in [5, 5.41) is 2.78. The Labute approximate surface area is 104 Å². The summed E-state index contributed by atoms with van der Waals surface area (Å²) in [6, 6.07) is 3.97. The van der Waals surface area contributed by atoms with E-state index >= 15 is 0 Å². The second-order valence-electron chi connectivity index (χ2n) is 3.87. The zero-order valence-corrected chi connectivity index (χ0v) is 9.95. The van der Waals surface area contributed by atoms with Crippen molar-refractivity contribution < 1.29 is 8.78 Å². The number of imidazole rings is 1. The number of benzene rings is 1. The summed E-state index contributed by atoms with van der Waals surface area (Å²) in [6.45, 7) is 6.00. The molecule has 0 spiro atoms. The van der Waals surface area contributed by atoms with Crippen LogP contribution in [0.2, 0.25) is 0 Å². The van der Waals surface area contributed by atoms with Gasteiger partial charge in [0.05, 0.1) is 11.4 Å². The lowest BCUT2D eigenvalue weighted by Crippen LogP contribution is -2.03. The van der Waals surface area contributed by atoms with Gasteiger partial charge in [0.2, 0.25) is 5.95 Å². The quantitative estimate of drug-likeness (QED) is 0.842. The first kappa shape index (κ1) is 12.3. The van der Waals surface area contributed by atoms with E-state index in [-0.39, 0.29) is 5.69 Å². The van der Waals surface area contributed by atoms with Crippen LogP contribution in [0.15, 0.2) is 37.1 Å². The van der Waals surface area contributed by atoms with Crippen molar-refractivity contribution in [2.75, 3.05) is 5.32 Å². The van der Waals surface area contributed by atoms with Crippen molar-refractivity contribution in [3.63, 3.8) is 0 Å². The predicted octanol–water partition coefficient (Wildman–Crippen LogP) is 3.40. The Balaban J connectivity index is 2.33. The molecular formula is C13H13F2N3. The molecule has 1 aromatic carbocycles. The molecule has 0 saturated carbocycles. The van der Waals surface area contributed by atoms with E-state index in [9.17, 15) is 8.78 Å². The van der Waals surface area contributed by atoms with Crippen molar-refractivity contribution in [3.8, 4) is 0 Å². The van der Waals surface area contributed by atoms with Crippen molar-refractivity contribution >= 4 is 11.6 Å². The molecular weight excluding hydrogens is 236 g/mol. The number of aromatic nitrogens is 2. The Kier molecular flexibility index (Phi) is 3.41. The fourth-order valence-electron chi connectivity index (χ4n) is 1.65. The first-order valence-electron chi connectivity index (χ1n) is 5.47. The molecule has 0 saturated heterocycles. The maximum Gasteiger partial charge on any atom is 0.207 e. The molecule has 2 aromatic rings. The topological polar surface area (TPSA) is 29.9 Å². The minimum atomic E-state index is -0.914. The van der Waals surface area contributed by atoms with Crippen LogP contribution in [0.3, 0.4) is 0 Å². The lowest BCUT2D eigenvalue weighted by molar-refractivity contribution is 0.511. The normalized spacial score (nSPS) is 10.4. The van der Waals surface area contributed by atoms with Crippen LogP contribution in [-0.4, -0.2) is 9.55 Å². The molecule has 0 amide bonds. The molecule has 1 N–H and O–H groups in total. The van der Waals surface area contributed by atoms with Crippen molar-refractivity contribution in [3.05, 3.63) is 54.4 Å². The van der Waals surface area contributed by atoms with Gasteiger partial charge in [-0.3, -0.25) is 0 Å². The van der Waals surface area contributed by atoms with Crippen LogP contribution in [0, 0.1) is 18.6 Å². The lowest BCUT2D eigenvalue weighted by atomic mass is 10.3. The summed E-state index contributed by atoms with van der Waals surface area (Å²) >= 11 is 0. The van der Waals surface area contributed by atoms with Gasteiger partial charge in [-0.05, 0) is 19.1 Å². The van der Waals surface area contributed by atoms with Crippen LogP contribution >= 0.6 is 0 Å². The van der Waals surface area contributed by atoms with Gasteiger partial charge in [-0.25, -0.2) is 13.8 Å². The summed E-state index contributed by atoms with van der Waals surface area (Å²) in [4.78, 5) is 4.21. The van der Waals surface area contributed by atoms with Gasteiger partial charge in [0.25, 0.3) is 0 Å². The molecule has 18 heavy (non-hydrogen) atoms. The molecule has 0 radical (unpaired) electrons. The molecule has 0 fully saturated rings. The minimum Gasteiger partial charge on any atom is -0.323 e. The molecule has 2 rings (SSSR count). The van der Waals surface area contributed by atoms with Crippen molar-refractivity contribution in [2.24, 2.45) is 0 Å². The number of nitrogens with zero attached hydrogens (tertiary/aromatic N) is 2. The van der Waals surface area contributed by atoms with Crippen LogP contribution in [0.25, 0.3) is 0 Å². The van der Waals surface area contributed by atoms with E-state index in [0.29, 0.717) is 12.5 Å². The fraction of sp³-hybridized carbons (Fsp3) is 0.154. The zero-order valence-electron chi connectivity index (χ0n) is 9.95.